The van der Waals surface area contributed by atoms with E-state index in [1.165, 1.54) is 0 Å². The van der Waals surface area contributed by atoms with Crippen LogP contribution < -0.4 is 16.0 Å². The number of aromatic nitrogens is 1. The molecule has 0 aliphatic heterocycles. The second-order valence-electron chi connectivity index (χ2n) is 7.06. The number of hydrogen-bond acceptors (Lipinski definition) is 3. The van der Waals surface area contributed by atoms with Gasteiger partial charge >= 0.3 is 6.03 Å². The zero-order valence-electron chi connectivity index (χ0n) is 16.0. The van der Waals surface area contributed by atoms with Crippen molar-refractivity contribution in [1.82, 2.24) is 15.6 Å². The highest BCUT2D eigenvalue weighted by Gasteiger charge is 2.34. The largest absolute Gasteiger partial charge is 0.352 e. The Kier molecular flexibility index (Phi) is 5.74. The summed E-state index contributed by atoms with van der Waals surface area (Å²) in [6.45, 7) is 6.36. The van der Waals surface area contributed by atoms with Crippen LogP contribution in [0.3, 0.4) is 0 Å². The van der Waals surface area contributed by atoms with E-state index in [-0.39, 0.29) is 18.0 Å². The van der Waals surface area contributed by atoms with Crippen LogP contribution in [0.1, 0.15) is 53.0 Å². The maximum Gasteiger partial charge on any atom is 0.319 e. The first-order valence-corrected chi connectivity index (χ1v) is 9.37. The van der Waals surface area contributed by atoms with E-state index in [0.29, 0.717) is 23.7 Å². The van der Waals surface area contributed by atoms with Crippen molar-refractivity contribution in [2.24, 2.45) is 5.92 Å². The Hall–Kier alpha value is -2.89. The number of amides is 3. The molecule has 6 nitrogen and oxygen atoms in total. The highest BCUT2D eigenvalue weighted by molar-refractivity contribution is 5.96. The van der Waals surface area contributed by atoms with Gasteiger partial charge in [-0.25, -0.2) is 4.79 Å². The van der Waals surface area contributed by atoms with Crippen molar-refractivity contribution in [3.05, 3.63) is 58.9 Å². The van der Waals surface area contributed by atoms with E-state index in [4.69, 9.17) is 0 Å². The predicted octanol–water partition coefficient (Wildman–Crippen LogP) is 3.72. The molecule has 0 unspecified atom stereocenters. The second-order valence-corrected chi connectivity index (χ2v) is 7.06. The van der Waals surface area contributed by atoms with Crippen LogP contribution in [0.4, 0.5) is 10.5 Å². The number of nitrogens with zero attached hydrogens (tertiary/aromatic N) is 1. The predicted molar refractivity (Wildman–Crippen MR) is 106 cm³/mol. The molecule has 2 aromatic rings. The van der Waals surface area contributed by atoms with Gasteiger partial charge in [0.2, 0.25) is 0 Å². The Balaban J connectivity index is 1.68. The normalized spacial score (nSPS) is 14.3. The molecule has 1 aromatic carbocycles. The van der Waals surface area contributed by atoms with E-state index in [9.17, 15) is 9.59 Å². The van der Waals surface area contributed by atoms with Crippen molar-refractivity contribution in [2.45, 2.75) is 39.7 Å². The van der Waals surface area contributed by atoms with E-state index in [1.807, 2.05) is 32.9 Å². The van der Waals surface area contributed by atoms with Gasteiger partial charge in [-0.05, 0) is 81.0 Å². The van der Waals surface area contributed by atoms with E-state index in [2.05, 4.69) is 20.9 Å². The van der Waals surface area contributed by atoms with Crippen molar-refractivity contribution in [2.75, 3.05) is 11.9 Å². The minimum Gasteiger partial charge on any atom is -0.352 e. The van der Waals surface area contributed by atoms with Gasteiger partial charge in [-0.15, -0.1) is 0 Å². The highest BCUT2D eigenvalue weighted by atomic mass is 16.2. The van der Waals surface area contributed by atoms with Crippen molar-refractivity contribution >= 4 is 17.6 Å². The van der Waals surface area contributed by atoms with Crippen LogP contribution in [-0.4, -0.2) is 23.5 Å². The number of carbonyl (C=O) groups excluding carboxylic acids is 2. The molecule has 0 spiro atoms. The Morgan fingerprint density at radius 2 is 1.96 bits per heavy atom. The van der Waals surface area contributed by atoms with E-state index >= 15 is 0 Å². The van der Waals surface area contributed by atoms with Crippen LogP contribution in [0.25, 0.3) is 0 Å². The zero-order chi connectivity index (χ0) is 19.4. The first-order valence-electron chi connectivity index (χ1n) is 9.37. The van der Waals surface area contributed by atoms with Gasteiger partial charge in [-0.3, -0.25) is 9.78 Å². The molecule has 0 radical (unpaired) electrons. The third kappa shape index (κ3) is 4.84. The monoisotopic (exact) mass is 366 g/mol. The van der Waals surface area contributed by atoms with E-state index in [0.717, 1.165) is 29.7 Å². The lowest BCUT2D eigenvalue weighted by Gasteiger charge is -2.19. The number of carbonyl (C=O) groups is 2. The van der Waals surface area contributed by atoms with Crippen LogP contribution in [0.5, 0.6) is 0 Å². The number of rotatable bonds is 6. The smallest absolute Gasteiger partial charge is 0.319 e. The molecule has 1 fully saturated rings. The van der Waals surface area contributed by atoms with Crippen molar-refractivity contribution in [3.63, 3.8) is 0 Å². The average molecular weight is 366 g/mol. The first kappa shape index (κ1) is 18.9. The molecule has 0 saturated heterocycles. The van der Waals surface area contributed by atoms with Crippen LogP contribution in [0, 0.1) is 19.8 Å². The Labute approximate surface area is 159 Å². The summed E-state index contributed by atoms with van der Waals surface area (Å²) in [5, 5.41) is 8.73. The third-order valence-electron chi connectivity index (χ3n) is 4.71. The number of urea groups is 1. The Morgan fingerprint density at radius 1 is 1.19 bits per heavy atom. The topological polar surface area (TPSA) is 83.1 Å². The number of pyridine rings is 1. The summed E-state index contributed by atoms with van der Waals surface area (Å²) in [4.78, 5) is 28.9. The minimum atomic E-state index is -0.260. The summed E-state index contributed by atoms with van der Waals surface area (Å²) in [7, 11) is 0. The molecule has 1 heterocycles. The van der Waals surface area contributed by atoms with Crippen molar-refractivity contribution < 1.29 is 9.59 Å². The summed E-state index contributed by atoms with van der Waals surface area (Å²) in [6, 6.07) is 8.89. The molecule has 6 heteroatoms. The average Bonchev–Trinajstić information content (AvgIpc) is 3.46. The lowest BCUT2D eigenvalue weighted by molar-refractivity contribution is 0.0955. The molecule has 3 N–H and O–H groups in total. The maximum atomic E-state index is 12.6. The third-order valence-corrected chi connectivity index (χ3v) is 4.71. The summed E-state index contributed by atoms with van der Waals surface area (Å²) in [5.41, 5.74) is 4.14. The van der Waals surface area contributed by atoms with Gasteiger partial charge < -0.3 is 16.0 Å². The number of hydrogen-bond donors (Lipinski definition) is 3. The molecule has 1 saturated carbocycles. The summed E-state index contributed by atoms with van der Waals surface area (Å²) < 4.78 is 0. The van der Waals surface area contributed by atoms with Gasteiger partial charge in [0.15, 0.2) is 0 Å². The number of benzene rings is 1. The molecule has 27 heavy (non-hydrogen) atoms. The molecule has 1 atom stereocenters. The fraction of sp³-hybridized carbons (Fsp3) is 0.381. The van der Waals surface area contributed by atoms with Gasteiger partial charge in [0.25, 0.3) is 5.91 Å². The fourth-order valence-corrected chi connectivity index (χ4v) is 3.10. The molecule has 0 bridgehead atoms. The van der Waals surface area contributed by atoms with Crippen molar-refractivity contribution in [1.29, 1.82) is 0 Å². The van der Waals surface area contributed by atoms with Gasteiger partial charge in [-0.1, -0.05) is 0 Å². The fourth-order valence-electron chi connectivity index (χ4n) is 3.10. The Bertz CT molecular complexity index is 846. The molecule has 3 rings (SSSR count). The van der Waals surface area contributed by atoms with Crippen LogP contribution in [0.2, 0.25) is 0 Å². The van der Waals surface area contributed by atoms with Gasteiger partial charge in [0, 0.05) is 24.0 Å². The zero-order valence-corrected chi connectivity index (χ0v) is 16.0. The molecule has 1 aliphatic carbocycles. The number of aryl methyl sites for hydroxylation is 2. The lowest BCUT2D eigenvalue weighted by atomic mass is 10.1. The number of anilines is 1. The summed E-state index contributed by atoms with van der Waals surface area (Å²) in [5.74, 6) is 0.321. The van der Waals surface area contributed by atoms with Gasteiger partial charge in [-0.2, -0.15) is 0 Å². The number of nitrogens with one attached hydrogen (secondary N) is 3. The minimum absolute atomic E-state index is 0.0835. The Morgan fingerprint density at radius 3 is 2.59 bits per heavy atom. The van der Waals surface area contributed by atoms with E-state index < -0.39 is 0 Å². The summed E-state index contributed by atoms with van der Waals surface area (Å²) in [6.07, 6.45) is 3.98. The first-order chi connectivity index (χ1) is 13.0. The van der Waals surface area contributed by atoms with E-state index in [1.54, 1.807) is 24.4 Å². The van der Waals surface area contributed by atoms with Gasteiger partial charge in [0.1, 0.15) is 0 Å². The van der Waals surface area contributed by atoms with Crippen LogP contribution in [-0.2, 0) is 0 Å². The highest BCUT2D eigenvalue weighted by Crippen LogP contribution is 2.40. The molecule has 1 aliphatic rings. The molecule has 3 amide bonds. The van der Waals surface area contributed by atoms with Crippen LogP contribution in [0.15, 0.2) is 36.5 Å². The lowest BCUT2D eigenvalue weighted by Crippen LogP contribution is -2.34. The SMILES string of the molecule is CCNC(=O)c1ccc(NC(=O)N[C@H](c2cc(C)ccn2)C2CC2)c(C)c1. The maximum absolute atomic E-state index is 12.6. The summed E-state index contributed by atoms with van der Waals surface area (Å²) >= 11 is 0. The molecular formula is C21H26N4O2. The standard InChI is InChI=1S/C21H26N4O2/c1-4-22-20(26)16-7-8-17(14(3)12-16)24-21(27)25-19(15-5-6-15)18-11-13(2)9-10-23-18/h7-12,15,19H,4-6H2,1-3H3,(H,22,26)(H2,24,25,27)/t19-/m0/s1. The molecule has 142 valence electrons. The quantitative estimate of drug-likeness (QED) is 0.728. The molecular weight excluding hydrogens is 340 g/mol. The molecule has 1 aromatic heterocycles. The van der Waals surface area contributed by atoms with Gasteiger partial charge in [0.05, 0.1) is 11.7 Å². The second kappa shape index (κ2) is 8.20. The van der Waals surface area contributed by atoms with Crippen LogP contribution >= 0.6 is 0 Å². The van der Waals surface area contributed by atoms with Crippen molar-refractivity contribution in [3.8, 4) is 0 Å².